The van der Waals surface area contributed by atoms with Crippen molar-refractivity contribution in [3.8, 4) is 0 Å². The van der Waals surface area contributed by atoms with Gasteiger partial charge in [-0.05, 0) is 31.4 Å². The Labute approximate surface area is 150 Å². The predicted octanol–water partition coefficient (Wildman–Crippen LogP) is 1.58. The second-order valence-corrected chi connectivity index (χ2v) is 6.65. The molecule has 0 aromatic heterocycles. The number of esters is 1. The summed E-state index contributed by atoms with van der Waals surface area (Å²) < 4.78 is 4.75. The van der Waals surface area contributed by atoms with Gasteiger partial charge >= 0.3 is 12.0 Å². The molecule has 1 heterocycles. The van der Waals surface area contributed by atoms with Crippen molar-refractivity contribution in [3.05, 3.63) is 29.3 Å². The van der Waals surface area contributed by atoms with Crippen LogP contribution in [0.2, 0.25) is 0 Å². The third-order valence-corrected chi connectivity index (χ3v) is 4.94. The van der Waals surface area contributed by atoms with Crippen molar-refractivity contribution in [2.45, 2.75) is 38.1 Å². The standard InChI is InChI=1S/C18H21N3O5/c1-11-6-5-7-12(14(11)15(23)26-2)19-13(22)10-21-16(24)18(20-17(21)25)8-3-4-9-18/h5-7H,3-4,8-10H2,1-2H3,(H,19,22)(H,20,25). The SMILES string of the molecule is COC(=O)c1c(C)cccc1NC(=O)CN1C(=O)NC2(CCCC2)C1=O. The Kier molecular flexibility index (Phi) is 4.67. The molecule has 1 aromatic carbocycles. The predicted molar refractivity (Wildman–Crippen MR) is 92.6 cm³/mol. The quantitative estimate of drug-likeness (QED) is 0.627. The number of carbonyl (C=O) groups excluding carboxylic acids is 4. The molecule has 3 rings (SSSR count). The molecule has 1 aliphatic heterocycles. The number of benzene rings is 1. The molecule has 1 spiro atoms. The zero-order valence-electron chi connectivity index (χ0n) is 14.8. The Morgan fingerprint density at radius 2 is 1.96 bits per heavy atom. The minimum Gasteiger partial charge on any atom is -0.465 e. The Morgan fingerprint density at radius 1 is 1.27 bits per heavy atom. The number of anilines is 1. The van der Waals surface area contributed by atoms with E-state index in [-0.39, 0.29) is 17.2 Å². The fourth-order valence-electron chi connectivity index (χ4n) is 3.62. The lowest BCUT2D eigenvalue weighted by molar-refractivity contribution is -0.133. The zero-order valence-corrected chi connectivity index (χ0v) is 14.8. The van der Waals surface area contributed by atoms with Crippen LogP contribution in [0.4, 0.5) is 10.5 Å². The third kappa shape index (κ3) is 3.02. The van der Waals surface area contributed by atoms with Crippen LogP contribution >= 0.6 is 0 Å². The van der Waals surface area contributed by atoms with Gasteiger partial charge in [-0.1, -0.05) is 25.0 Å². The second-order valence-electron chi connectivity index (χ2n) is 6.65. The van der Waals surface area contributed by atoms with E-state index in [4.69, 9.17) is 4.74 Å². The first-order valence-corrected chi connectivity index (χ1v) is 8.50. The van der Waals surface area contributed by atoms with Gasteiger partial charge < -0.3 is 15.4 Å². The number of hydrogen-bond donors (Lipinski definition) is 2. The summed E-state index contributed by atoms with van der Waals surface area (Å²) in [7, 11) is 1.26. The number of amides is 4. The minimum absolute atomic E-state index is 0.243. The van der Waals surface area contributed by atoms with E-state index in [1.165, 1.54) is 7.11 Å². The lowest BCUT2D eigenvalue weighted by Crippen LogP contribution is -2.44. The van der Waals surface area contributed by atoms with Crippen LogP contribution in [0.15, 0.2) is 18.2 Å². The maximum absolute atomic E-state index is 12.6. The lowest BCUT2D eigenvalue weighted by atomic mass is 9.98. The number of aryl methyl sites for hydroxylation is 1. The van der Waals surface area contributed by atoms with Gasteiger partial charge in [0.15, 0.2) is 0 Å². The van der Waals surface area contributed by atoms with Crippen LogP contribution in [0.25, 0.3) is 0 Å². The highest BCUT2D eigenvalue weighted by atomic mass is 16.5. The number of urea groups is 1. The van der Waals surface area contributed by atoms with Crippen LogP contribution in [-0.4, -0.2) is 47.9 Å². The van der Waals surface area contributed by atoms with Crippen molar-refractivity contribution in [3.63, 3.8) is 0 Å². The van der Waals surface area contributed by atoms with Gasteiger partial charge in [0.2, 0.25) is 5.91 Å². The number of methoxy groups -OCH3 is 1. The first-order chi connectivity index (χ1) is 12.4. The maximum Gasteiger partial charge on any atom is 0.340 e. The molecule has 1 aliphatic carbocycles. The number of carbonyl (C=O) groups is 4. The Balaban J connectivity index is 1.74. The van der Waals surface area contributed by atoms with Gasteiger partial charge in [-0.2, -0.15) is 0 Å². The maximum atomic E-state index is 12.6. The fourth-order valence-corrected chi connectivity index (χ4v) is 3.62. The van der Waals surface area contributed by atoms with E-state index in [1.807, 2.05) is 0 Å². The molecule has 0 radical (unpaired) electrons. The average Bonchev–Trinajstić information content (AvgIpc) is 3.15. The number of ether oxygens (including phenoxy) is 1. The molecule has 0 unspecified atom stereocenters. The summed E-state index contributed by atoms with van der Waals surface area (Å²) in [5.41, 5.74) is 0.324. The van der Waals surface area contributed by atoms with E-state index in [0.717, 1.165) is 17.7 Å². The molecular formula is C18H21N3O5. The van der Waals surface area contributed by atoms with Gasteiger partial charge in [0.25, 0.3) is 5.91 Å². The Bertz CT molecular complexity index is 783. The topological polar surface area (TPSA) is 105 Å². The highest BCUT2D eigenvalue weighted by molar-refractivity contribution is 6.11. The molecule has 8 heteroatoms. The van der Waals surface area contributed by atoms with Crippen LogP contribution in [0.5, 0.6) is 0 Å². The summed E-state index contributed by atoms with van der Waals surface area (Å²) in [5.74, 6) is -1.48. The van der Waals surface area contributed by atoms with Gasteiger partial charge in [0, 0.05) is 0 Å². The Hall–Kier alpha value is -2.90. The van der Waals surface area contributed by atoms with E-state index in [2.05, 4.69) is 10.6 Å². The van der Waals surface area contributed by atoms with E-state index < -0.39 is 30.0 Å². The van der Waals surface area contributed by atoms with Crippen LogP contribution < -0.4 is 10.6 Å². The number of nitrogens with zero attached hydrogens (tertiary/aromatic N) is 1. The number of nitrogens with one attached hydrogen (secondary N) is 2. The molecule has 1 aromatic rings. The molecule has 1 saturated heterocycles. The first kappa shape index (κ1) is 17.9. The summed E-state index contributed by atoms with van der Waals surface area (Å²) in [6.45, 7) is 1.32. The van der Waals surface area contributed by atoms with E-state index in [0.29, 0.717) is 18.4 Å². The number of rotatable bonds is 4. The molecule has 2 aliphatic rings. The molecule has 1 saturated carbocycles. The monoisotopic (exact) mass is 359 g/mol. The van der Waals surface area contributed by atoms with Crippen LogP contribution in [0.1, 0.15) is 41.6 Å². The van der Waals surface area contributed by atoms with Crippen molar-refractivity contribution in [1.29, 1.82) is 0 Å². The lowest BCUT2D eigenvalue weighted by Gasteiger charge is -2.20. The van der Waals surface area contributed by atoms with Crippen molar-refractivity contribution >= 4 is 29.5 Å². The van der Waals surface area contributed by atoms with Gasteiger partial charge in [-0.3, -0.25) is 14.5 Å². The largest absolute Gasteiger partial charge is 0.465 e. The van der Waals surface area contributed by atoms with Crippen LogP contribution in [-0.2, 0) is 14.3 Å². The second kappa shape index (κ2) is 6.78. The zero-order chi connectivity index (χ0) is 18.9. The van der Waals surface area contributed by atoms with E-state index in [1.54, 1.807) is 25.1 Å². The van der Waals surface area contributed by atoms with Crippen molar-refractivity contribution in [1.82, 2.24) is 10.2 Å². The average molecular weight is 359 g/mol. The minimum atomic E-state index is -0.849. The Morgan fingerprint density at radius 3 is 2.62 bits per heavy atom. The molecule has 2 fully saturated rings. The van der Waals surface area contributed by atoms with Gasteiger partial charge in [0.1, 0.15) is 12.1 Å². The smallest absolute Gasteiger partial charge is 0.340 e. The molecular weight excluding hydrogens is 338 g/mol. The normalized spacial score (nSPS) is 18.2. The molecule has 4 amide bonds. The third-order valence-electron chi connectivity index (χ3n) is 4.94. The summed E-state index contributed by atoms with van der Waals surface area (Å²) in [6.07, 6.45) is 2.94. The molecule has 138 valence electrons. The van der Waals surface area contributed by atoms with Crippen molar-refractivity contribution in [2.75, 3.05) is 19.0 Å². The van der Waals surface area contributed by atoms with Gasteiger partial charge in [-0.15, -0.1) is 0 Å². The molecule has 2 N–H and O–H groups in total. The van der Waals surface area contributed by atoms with Crippen molar-refractivity contribution < 1.29 is 23.9 Å². The number of hydrogen-bond acceptors (Lipinski definition) is 5. The summed E-state index contributed by atoms with van der Waals surface area (Å²) in [5, 5.41) is 5.33. The molecule has 26 heavy (non-hydrogen) atoms. The van der Waals surface area contributed by atoms with Crippen LogP contribution in [0.3, 0.4) is 0 Å². The summed E-state index contributed by atoms with van der Waals surface area (Å²) >= 11 is 0. The summed E-state index contributed by atoms with van der Waals surface area (Å²) in [4.78, 5) is 50.0. The molecule has 0 bridgehead atoms. The van der Waals surface area contributed by atoms with Gasteiger partial charge in [-0.25, -0.2) is 9.59 Å². The first-order valence-electron chi connectivity index (χ1n) is 8.50. The highest BCUT2D eigenvalue weighted by Gasteiger charge is 2.52. The molecule has 8 nitrogen and oxygen atoms in total. The fraction of sp³-hybridized carbons (Fsp3) is 0.444. The van der Waals surface area contributed by atoms with Crippen molar-refractivity contribution in [2.24, 2.45) is 0 Å². The number of imide groups is 1. The van der Waals surface area contributed by atoms with Crippen LogP contribution in [0, 0.1) is 6.92 Å². The van der Waals surface area contributed by atoms with E-state index >= 15 is 0 Å². The van der Waals surface area contributed by atoms with E-state index in [9.17, 15) is 19.2 Å². The highest BCUT2D eigenvalue weighted by Crippen LogP contribution is 2.35. The summed E-state index contributed by atoms with van der Waals surface area (Å²) in [6, 6.07) is 4.44. The molecule has 0 atom stereocenters. The van der Waals surface area contributed by atoms with Gasteiger partial charge in [0.05, 0.1) is 18.4 Å².